The molecule has 0 bridgehead atoms. The second-order valence-corrected chi connectivity index (χ2v) is 7.27. The van der Waals surface area contributed by atoms with Crippen molar-refractivity contribution < 1.29 is 14.7 Å². The predicted octanol–water partition coefficient (Wildman–Crippen LogP) is 3.60. The van der Waals surface area contributed by atoms with Gasteiger partial charge in [-0.25, -0.2) is 0 Å². The summed E-state index contributed by atoms with van der Waals surface area (Å²) in [4.78, 5) is 24.3. The van der Waals surface area contributed by atoms with Crippen LogP contribution in [0.15, 0.2) is 48.7 Å². The SMILES string of the molecule is Cc1c(C(=O)NCC(Cc2cccc3ccccc23)C(=O)O)cnn1C(C)C. The summed E-state index contributed by atoms with van der Waals surface area (Å²) in [6.45, 7) is 5.88. The lowest BCUT2D eigenvalue weighted by atomic mass is 9.94. The van der Waals surface area contributed by atoms with Crippen LogP contribution in [0.5, 0.6) is 0 Å². The van der Waals surface area contributed by atoms with Crippen LogP contribution < -0.4 is 5.32 Å². The van der Waals surface area contributed by atoms with Crippen LogP contribution in [0.4, 0.5) is 0 Å². The normalized spacial score (nSPS) is 12.3. The van der Waals surface area contributed by atoms with E-state index in [1.807, 2.05) is 63.2 Å². The lowest BCUT2D eigenvalue weighted by molar-refractivity contribution is -0.141. The van der Waals surface area contributed by atoms with E-state index in [1.165, 1.54) is 6.20 Å². The zero-order valence-corrected chi connectivity index (χ0v) is 16.3. The number of carboxylic acids is 1. The van der Waals surface area contributed by atoms with Crippen molar-refractivity contribution in [2.24, 2.45) is 5.92 Å². The Morgan fingerprint density at radius 2 is 1.86 bits per heavy atom. The lowest BCUT2D eigenvalue weighted by Crippen LogP contribution is -2.34. The first-order valence-corrected chi connectivity index (χ1v) is 9.40. The third kappa shape index (κ3) is 4.06. The van der Waals surface area contributed by atoms with E-state index in [9.17, 15) is 14.7 Å². The number of carbonyl (C=O) groups is 2. The maximum absolute atomic E-state index is 12.5. The van der Waals surface area contributed by atoms with Crippen LogP contribution in [0.3, 0.4) is 0 Å². The highest BCUT2D eigenvalue weighted by Gasteiger charge is 2.22. The Morgan fingerprint density at radius 1 is 1.14 bits per heavy atom. The van der Waals surface area contributed by atoms with E-state index in [1.54, 1.807) is 4.68 Å². The van der Waals surface area contributed by atoms with E-state index < -0.39 is 11.9 Å². The van der Waals surface area contributed by atoms with Crippen molar-refractivity contribution in [2.75, 3.05) is 6.54 Å². The van der Waals surface area contributed by atoms with E-state index >= 15 is 0 Å². The molecule has 1 atom stereocenters. The maximum Gasteiger partial charge on any atom is 0.308 e. The molecule has 1 aromatic heterocycles. The summed E-state index contributed by atoms with van der Waals surface area (Å²) in [6.07, 6.45) is 1.88. The maximum atomic E-state index is 12.5. The van der Waals surface area contributed by atoms with Gasteiger partial charge in [0.15, 0.2) is 0 Å². The van der Waals surface area contributed by atoms with Gasteiger partial charge < -0.3 is 10.4 Å². The molecular weight excluding hydrogens is 354 g/mol. The highest BCUT2D eigenvalue weighted by Crippen LogP contribution is 2.21. The molecule has 3 rings (SSSR count). The Kier molecular flexibility index (Phi) is 5.78. The number of fused-ring (bicyclic) bond motifs is 1. The molecular formula is C22H25N3O3. The zero-order valence-electron chi connectivity index (χ0n) is 16.3. The summed E-state index contributed by atoms with van der Waals surface area (Å²) in [7, 11) is 0. The number of carbonyl (C=O) groups excluding carboxylic acids is 1. The molecule has 2 aromatic carbocycles. The first-order chi connectivity index (χ1) is 13.4. The van der Waals surface area contributed by atoms with E-state index in [2.05, 4.69) is 10.4 Å². The molecule has 0 saturated heterocycles. The van der Waals surface area contributed by atoms with Gasteiger partial charge in [0.1, 0.15) is 0 Å². The number of amides is 1. The fourth-order valence-corrected chi connectivity index (χ4v) is 3.46. The van der Waals surface area contributed by atoms with Gasteiger partial charge in [0.2, 0.25) is 0 Å². The molecule has 1 unspecified atom stereocenters. The van der Waals surface area contributed by atoms with Crippen molar-refractivity contribution in [3.63, 3.8) is 0 Å². The van der Waals surface area contributed by atoms with Crippen LogP contribution in [-0.4, -0.2) is 33.3 Å². The van der Waals surface area contributed by atoms with Crippen LogP contribution >= 0.6 is 0 Å². The number of aliphatic carboxylic acids is 1. The highest BCUT2D eigenvalue weighted by atomic mass is 16.4. The topological polar surface area (TPSA) is 84.2 Å². The Hall–Kier alpha value is -3.15. The van der Waals surface area contributed by atoms with Crippen LogP contribution in [0.2, 0.25) is 0 Å². The van der Waals surface area contributed by atoms with Gasteiger partial charge >= 0.3 is 5.97 Å². The minimum absolute atomic E-state index is 0.0592. The van der Waals surface area contributed by atoms with Gasteiger partial charge in [-0.3, -0.25) is 14.3 Å². The smallest absolute Gasteiger partial charge is 0.308 e. The van der Waals surface area contributed by atoms with Crippen molar-refractivity contribution in [1.29, 1.82) is 0 Å². The third-order valence-corrected chi connectivity index (χ3v) is 4.98. The standard InChI is InChI=1S/C22H25N3O3/c1-14(2)25-15(3)20(13-24-25)21(26)23-12-18(22(27)28)11-17-9-6-8-16-7-4-5-10-19(16)17/h4-10,13-14,18H,11-12H2,1-3H3,(H,23,26)(H,27,28). The van der Waals surface area contributed by atoms with Crippen LogP contribution in [0, 0.1) is 12.8 Å². The monoisotopic (exact) mass is 379 g/mol. The van der Waals surface area contributed by atoms with Crippen molar-refractivity contribution in [3.8, 4) is 0 Å². The minimum atomic E-state index is -0.928. The molecule has 6 nitrogen and oxygen atoms in total. The molecule has 3 aromatic rings. The number of benzene rings is 2. The molecule has 0 aliphatic rings. The van der Waals surface area contributed by atoms with E-state index in [0.717, 1.165) is 22.0 Å². The summed E-state index contributed by atoms with van der Waals surface area (Å²) < 4.78 is 1.78. The average Bonchev–Trinajstić information content (AvgIpc) is 3.06. The molecule has 146 valence electrons. The summed E-state index contributed by atoms with van der Waals surface area (Å²) in [5.41, 5.74) is 2.21. The molecule has 0 aliphatic carbocycles. The fourth-order valence-electron chi connectivity index (χ4n) is 3.46. The zero-order chi connectivity index (χ0) is 20.3. The third-order valence-electron chi connectivity index (χ3n) is 4.98. The van der Waals surface area contributed by atoms with Gasteiger partial charge in [-0.15, -0.1) is 0 Å². The van der Waals surface area contributed by atoms with E-state index in [4.69, 9.17) is 0 Å². The molecule has 0 spiro atoms. The number of carboxylic acid groups (broad SMARTS) is 1. The van der Waals surface area contributed by atoms with Gasteiger partial charge in [-0.2, -0.15) is 5.10 Å². The van der Waals surface area contributed by atoms with Crippen molar-refractivity contribution in [3.05, 3.63) is 65.5 Å². The number of nitrogens with zero attached hydrogens (tertiary/aromatic N) is 2. The van der Waals surface area contributed by atoms with E-state index in [-0.39, 0.29) is 18.5 Å². The van der Waals surface area contributed by atoms with Crippen molar-refractivity contribution in [1.82, 2.24) is 15.1 Å². The Bertz CT molecular complexity index is 1000. The molecule has 0 fully saturated rings. The molecule has 1 heterocycles. The summed E-state index contributed by atoms with van der Waals surface area (Å²) >= 11 is 0. The summed E-state index contributed by atoms with van der Waals surface area (Å²) in [5.74, 6) is -1.94. The van der Waals surface area contributed by atoms with Crippen LogP contribution in [0.25, 0.3) is 10.8 Å². The van der Waals surface area contributed by atoms with Gasteiger partial charge in [-0.05, 0) is 43.5 Å². The van der Waals surface area contributed by atoms with Crippen LogP contribution in [0.1, 0.15) is 41.5 Å². The van der Waals surface area contributed by atoms with Crippen molar-refractivity contribution in [2.45, 2.75) is 33.2 Å². The molecule has 0 radical (unpaired) electrons. The first-order valence-electron chi connectivity index (χ1n) is 9.40. The van der Waals surface area contributed by atoms with Gasteiger partial charge in [0.25, 0.3) is 5.91 Å². The Morgan fingerprint density at radius 3 is 2.54 bits per heavy atom. The molecule has 0 aliphatic heterocycles. The molecule has 28 heavy (non-hydrogen) atoms. The number of rotatable bonds is 7. The molecule has 6 heteroatoms. The van der Waals surface area contributed by atoms with E-state index in [0.29, 0.717) is 12.0 Å². The second kappa shape index (κ2) is 8.25. The summed E-state index contributed by atoms with van der Waals surface area (Å²) in [5, 5.41) is 18.8. The second-order valence-electron chi connectivity index (χ2n) is 7.27. The number of aromatic nitrogens is 2. The van der Waals surface area contributed by atoms with Crippen LogP contribution in [-0.2, 0) is 11.2 Å². The largest absolute Gasteiger partial charge is 0.481 e. The Balaban J connectivity index is 1.73. The predicted molar refractivity (Wildman–Crippen MR) is 108 cm³/mol. The van der Waals surface area contributed by atoms with Gasteiger partial charge in [-0.1, -0.05) is 42.5 Å². The average molecular weight is 379 g/mol. The number of nitrogens with one attached hydrogen (secondary N) is 1. The minimum Gasteiger partial charge on any atom is -0.481 e. The first kappa shape index (κ1) is 19.6. The highest BCUT2D eigenvalue weighted by molar-refractivity contribution is 5.95. The quantitative estimate of drug-likeness (QED) is 0.657. The summed E-state index contributed by atoms with van der Waals surface area (Å²) in [6, 6.07) is 13.9. The van der Waals surface area contributed by atoms with Crippen molar-refractivity contribution >= 4 is 22.6 Å². The lowest BCUT2D eigenvalue weighted by Gasteiger charge is -2.15. The molecule has 1 amide bonds. The van der Waals surface area contributed by atoms with Gasteiger partial charge in [0, 0.05) is 18.3 Å². The fraction of sp³-hybridized carbons (Fsp3) is 0.318. The number of hydrogen-bond donors (Lipinski definition) is 2. The Labute approximate surface area is 164 Å². The molecule has 2 N–H and O–H groups in total. The molecule has 0 saturated carbocycles. The van der Waals surface area contributed by atoms with Gasteiger partial charge in [0.05, 0.1) is 17.7 Å². The number of hydrogen-bond acceptors (Lipinski definition) is 3.